The van der Waals surface area contributed by atoms with E-state index < -0.39 is 5.91 Å². The third kappa shape index (κ3) is 4.45. The van der Waals surface area contributed by atoms with Crippen LogP contribution in [0.5, 0.6) is 5.75 Å². The van der Waals surface area contributed by atoms with E-state index in [1.165, 1.54) is 12.5 Å². The van der Waals surface area contributed by atoms with Crippen LogP contribution < -0.4 is 10.2 Å². The maximum Gasteiger partial charge on any atom is 0.310 e. The molecule has 1 saturated heterocycles. The van der Waals surface area contributed by atoms with Gasteiger partial charge in [-0.3, -0.25) is 14.5 Å². The number of aryl methyl sites for hydroxylation is 1. The maximum absolute atomic E-state index is 12.4. The number of hydrogen-bond acceptors (Lipinski definition) is 6. The lowest BCUT2D eigenvalue weighted by Crippen LogP contribution is -2.39. The smallest absolute Gasteiger partial charge is 0.310 e. The molecule has 2 aromatic heterocycles. The highest BCUT2D eigenvalue weighted by Crippen LogP contribution is 2.39. The number of hydrogen-bond donors (Lipinski definition) is 3. The first-order chi connectivity index (χ1) is 17.5. The van der Waals surface area contributed by atoms with Crippen molar-refractivity contribution in [3.05, 3.63) is 59.0 Å². The maximum atomic E-state index is 12.4. The SMILES string of the molecule is CCO[C@H]1CCN(Cc2c(OC)cc(C)c3[nH]ccc23)[C@H](c2cccc3[nH]c(C(=O)NOC)nc23)C1. The number of methoxy groups -OCH3 is 1. The molecule has 36 heavy (non-hydrogen) atoms. The second-order valence-corrected chi connectivity index (χ2v) is 9.19. The topological polar surface area (TPSA) is 104 Å². The molecule has 9 heteroatoms. The molecule has 9 nitrogen and oxygen atoms in total. The number of nitrogens with one attached hydrogen (secondary N) is 3. The minimum Gasteiger partial charge on any atom is -0.496 e. The Labute approximate surface area is 210 Å². The summed E-state index contributed by atoms with van der Waals surface area (Å²) in [4.78, 5) is 30.8. The Kier molecular flexibility index (Phi) is 6.95. The number of carbonyl (C=O) groups is 1. The van der Waals surface area contributed by atoms with Gasteiger partial charge in [-0.05, 0) is 56.0 Å². The molecule has 1 aliphatic rings. The number of para-hydroxylation sites is 1. The number of aromatic nitrogens is 3. The average Bonchev–Trinajstić information content (AvgIpc) is 3.54. The van der Waals surface area contributed by atoms with Gasteiger partial charge in [0.25, 0.3) is 0 Å². The van der Waals surface area contributed by atoms with Crippen molar-refractivity contribution in [2.45, 2.75) is 45.4 Å². The molecule has 0 spiro atoms. The van der Waals surface area contributed by atoms with Gasteiger partial charge >= 0.3 is 5.91 Å². The van der Waals surface area contributed by atoms with Crippen LogP contribution in [0.1, 0.15) is 53.1 Å². The molecule has 0 bridgehead atoms. The van der Waals surface area contributed by atoms with Crippen molar-refractivity contribution in [1.82, 2.24) is 25.3 Å². The molecule has 1 amide bonds. The molecule has 0 saturated carbocycles. The minimum atomic E-state index is -0.411. The van der Waals surface area contributed by atoms with Crippen LogP contribution in [0.4, 0.5) is 0 Å². The van der Waals surface area contributed by atoms with Crippen molar-refractivity contribution in [2.75, 3.05) is 27.4 Å². The van der Waals surface area contributed by atoms with Gasteiger partial charge in [0, 0.05) is 48.4 Å². The molecule has 2 atom stereocenters. The molecule has 0 unspecified atom stereocenters. The first kappa shape index (κ1) is 24.3. The first-order valence-electron chi connectivity index (χ1n) is 12.3. The van der Waals surface area contributed by atoms with E-state index >= 15 is 0 Å². The lowest BCUT2D eigenvalue weighted by molar-refractivity contribution is -0.0135. The number of likely N-dealkylation sites (tertiary alicyclic amines) is 1. The summed E-state index contributed by atoms with van der Waals surface area (Å²) in [5.41, 5.74) is 8.46. The summed E-state index contributed by atoms with van der Waals surface area (Å²) in [6.45, 7) is 6.41. The molecule has 5 rings (SSSR count). The average molecular weight is 492 g/mol. The van der Waals surface area contributed by atoms with Gasteiger partial charge in [-0.25, -0.2) is 10.5 Å². The molecule has 0 aliphatic carbocycles. The molecule has 3 N–H and O–H groups in total. The molecule has 2 aromatic carbocycles. The number of aromatic amines is 2. The number of benzene rings is 2. The number of nitrogens with zero attached hydrogens (tertiary/aromatic N) is 2. The van der Waals surface area contributed by atoms with Crippen LogP contribution in [0.15, 0.2) is 36.5 Å². The highest BCUT2D eigenvalue weighted by Gasteiger charge is 2.33. The zero-order chi connectivity index (χ0) is 25.2. The van der Waals surface area contributed by atoms with Crippen molar-refractivity contribution in [3.63, 3.8) is 0 Å². The summed E-state index contributed by atoms with van der Waals surface area (Å²) < 4.78 is 11.9. The summed E-state index contributed by atoms with van der Waals surface area (Å²) in [5, 5.41) is 1.18. The number of amides is 1. The van der Waals surface area contributed by atoms with Crippen molar-refractivity contribution < 1.29 is 19.1 Å². The van der Waals surface area contributed by atoms with E-state index in [9.17, 15) is 4.79 Å². The van der Waals surface area contributed by atoms with E-state index in [-0.39, 0.29) is 18.0 Å². The third-order valence-corrected chi connectivity index (χ3v) is 7.07. The fourth-order valence-electron chi connectivity index (χ4n) is 5.44. The Morgan fingerprint density at radius 3 is 2.92 bits per heavy atom. The van der Waals surface area contributed by atoms with Crippen LogP contribution in [0, 0.1) is 6.92 Å². The molecular formula is C27H33N5O4. The first-order valence-corrected chi connectivity index (χ1v) is 12.3. The van der Waals surface area contributed by atoms with Gasteiger partial charge in [-0.15, -0.1) is 0 Å². The zero-order valence-corrected chi connectivity index (χ0v) is 21.2. The zero-order valence-electron chi connectivity index (χ0n) is 21.2. The van der Waals surface area contributed by atoms with E-state index in [1.54, 1.807) is 7.11 Å². The largest absolute Gasteiger partial charge is 0.496 e. The second-order valence-electron chi connectivity index (χ2n) is 9.19. The minimum absolute atomic E-state index is 0.0561. The Morgan fingerprint density at radius 2 is 2.14 bits per heavy atom. The number of hydroxylamine groups is 1. The molecule has 1 fully saturated rings. The summed E-state index contributed by atoms with van der Waals surface area (Å²) >= 11 is 0. The van der Waals surface area contributed by atoms with Crippen LogP contribution in [0.3, 0.4) is 0 Å². The van der Waals surface area contributed by atoms with Gasteiger partial charge in [-0.1, -0.05) is 12.1 Å². The number of fused-ring (bicyclic) bond motifs is 2. The van der Waals surface area contributed by atoms with Crippen molar-refractivity contribution >= 4 is 27.8 Å². The number of H-pyrrole nitrogens is 2. The van der Waals surface area contributed by atoms with E-state index in [4.69, 9.17) is 14.3 Å². The lowest BCUT2D eigenvalue weighted by Gasteiger charge is -2.40. The van der Waals surface area contributed by atoms with Crippen LogP contribution in [-0.4, -0.2) is 59.2 Å². The Morgan fingerprint density at radius 1 is 1.28 bits per heavy atom. The molecule has 3 heterocycles. The molecule has 4 aromatic rings. The summed E-state index contributed by atoms with van der Waals surface area (Å²) in [6.07, 6.45) is 3.93. The molecule has 1 aliphatic heterocycles. The van der Waals surface area contributed by atoms with Crippen LogP contribution in [0.2, 0.25) is 0 Å². The summed E-state index contributed by atoms with van der Waals surface area (Å²) in [5.74, 6) is 0.700. The van der Waals surface area contributed by atoms with Crippen molar-refractivity contribution in [2.24, 2.45) is 0 Å². The van der Waals surface area contributed by atoms with E-state index in [0.717, 1.165) is 64.9 Å². The summed E-state index contributed by atoms with van der Waals surface area (Å²) in [6, 6.07) is 10.3. The van der Waals surface area contributed by atoms with Gasteiger partial charge in [0.1, 0.15) is 5.75 Å². The number of rotatable bonds is 8. The second kappa shape index (κ2) is 10.3. The molecule has 190 valence electrons. The Balaban J connectivity index is 1.56. The lowest BCUT2D eigenvalue weighted by atomic mass is 9.91. The monoisotopic (exact) mass is 491 g/mol. The van der Waals surface area contributed by atoms with Crippen LogP contribution >= 0.6 is 0 Å². The summed E-state index contributed by atoms with van der Waals surface area (Å²) in [7, 11) is 3.13. The normalized spacial score (nSPS) is 18.7. The van der Waals surface area contributed by atoms with Crippen LogP contribution in [-0.2, 0) is 16.1 Å². The van der Waals surface area contributed by atoms with E-state index in [1.807, 2.05) is 25.3 Å². The van der Waals surface area contributed by atoms with Gasteiger partial charge in [0.05, 0.1) is 31.4 Å². The van der Waals surface area contributed by atoms with Gasteiger partial charge in [0.15, 0.2) is 5.82 Å². The van der Waals surface area contributed by atoms with Crippen molar-refractivity contribution in [1.29, 1.82) is 0 Å². The Bertz CT molecular complexity index is 1380. The highest BCUT2D eigenvalue weighted by atomic mass is 16.6. The fourth-order valence-corrected chi connectivity index (χ4v) is 5.44. The Hall–Kier alpha value is -3.40. The number of piperidine rings is 1. The standard InChI is InChI=1S/C27H33N5O4/c1-5-36-17-10-12-32(15-20-18-9-11-28-24(18)16(2)13-23(20)34-3)22(14-17)19-7-6-8-21-25(19)30-26(29-21)27(33)31-35-4/h6-9,11,13,17,22,28H,5,10,12,14-15H2,1-4H3,(H,29,30)(H,31,33)/t17-,22-/m0/s1. The predicted octanol–water partition coefficient (Wildman–Crippen LogP) is 4.39. The highest BCUT2D eigenvalue weighted by molar-refractivity contribution is 5.94. The predicted molar refractivity (Wildman–Crippen MR) is 138 cm³/mol. The van der Waals surface area contributed by atoms with Crippen molar-refractivity contribution in [3.8, 4) is 5.75 Å². The van der Waals surface area contributed by atoms with E-state index in [2.05, 4.69) is 50.5 Å². The quantitative estimate of drug-likeness (QED) is 0.316. The van der Waals surface area contributed by atoms with Crippen LogP contribution in [0.25, 0.3) is 21.9 Å². The van der Waals surface area contributed by atoms with Gasteiger partial charge in [-0.2, -0.15) is 0 Å². The number of imidazole rings is 1. The van der Waals surface area contributed by atoms with Gasteiger partial charge in [0.2, 0.25) is 0 Å². The van der Waals surface area contributed by atoms with E-state index in [0.29, 0.717) is 6.61 Å². The molecule has 0 radical (unpaired) electrons. The van der Waals surface area contributed by atoms with Gasteiger partial charge < -0.3 is 19.4 Å². The molecular weight excluding hydrogens is 458 g/mol. The number of carbonyl (C=O) groups excluding carboxylic acids is 1. The fraction of sp³-hybridized carbons (Fsp3) is 0.407. The third-order valence-electron chi connectivity index (χ3n) is 7.07. The number of ether oxygens (including phenoxy) is 2.